The Morgan fingerprint density at radius 1 is 1.21 bits per heavy atom. The molecule has 28 heavy (non-hydrogen) atoms. The van der Waals surface area contributed by atoms with E-state index in [2.05, 4.69) is 4.72 Å². The van der Waals surface area contributed by atoms with Crippen LogP contribution >= 0.6 is 0 Å². The molecule has 3 saturated heterocycles. The maximum absolute atomic E-state index is 13.8. The number of rotatable bonds is 3. The Kier molecular flexibility index (Phi) is 4.59. The molecule has 1 spiro atoms. The van der Waals surface area contributed by atoms with Crippen LogP contribution in [0.1, 0.15) is 39.5 Å². The highest BCUT2D eigenvalue weighted by molar-refractivity contribution is 7.88. The summed E-state index contributed by atoms with van der Waals surface area (Å²) in [7, 11) is -3.70. The van der Waals surface area contributed by atoms with E-state index < -0.39 is 52.1 Å². The zero-order valence-corrected chi connectivity index (χ0v) is 16.7. The van der Waals surface area contributed by atoms with E-state index in [1.807, 2.05) is 6.92 Å². The maximum Gasteiger partial charge on any atom is 0.449 e. The smallest absolute Gasteiger partial charge is 0.449 e. The van der Waals surface area contributed by atoms with Gasteiger partial charge in [-0.2, -0.15) is 13.2 Å². The molecule has 1 aliphatic carbocycles. The third-order valence-corrected chi connectivity index (χ3v) is 7.11. The van der Waals surface area contributed by atoms with E-state index in [-0.39, 0.29) is 17.4 Å². The second-order valence-corrected chi connectivity index (χ2v) is 10.3. The summed E-state index contributed by atoms with van der Waals surface area (Å²) < 4.78 is 78.0. The predicted octanol–water partition coefficient (Wildman–Crippen LogP) is 2.60. The van der Waals surface area contributed by atoms with Gasteiger partial charge in [0, 0.05) is 24.8 Å². The minimum atomic E-state index is -4.79. The molecule has 1 N–H and O–H groups in total. The average Bonchev–Trinajstić information content (AvgIpc) is 2.79. The van der Waals surface area contributed by atoms with Crippen LogP contribution in [0.5, 0.6) is 0 Å². The molecule has 7 nitrogen and oxygen atoms in total. The third-order valence-electron chi connectivity index (χ3n) is 6.44. The second kappa shape index (κ2) is 6.31. The summed E-state index contributed by atoms with van der Waals surface area (Å²) in [5.41, 5.74) is -1.40. The molecule has 5 rings (SSSR count). The number of halogens is 3. The van der Waals surface area contributed by atoms with Crippen molar-refractivity contribution in [1.29, 1.82) is 0 Å². The van der Waals surface area contributed by atoms with Crippen molar-refractivity contribution in [2.45, 2.75) is 63.4 Å². The van der Waals surface area contributed by atoms with Crippen molar-refractivity contribution >= 4 is 10.0 Å². The molecule has 6 atom stereocenters. The first-order chi connectivity index (χ1) is 12.9. The highest BCUT2D eigenvalue weighted by Crippen LogP contribution is 2.61. The van der Waals surface area contributed by atoms with Gasteiger partial charge in [0.15, 0.2) is 5.60 Å². The van der Waals surface area contributed by atoms with Crippen LogP contribution in [0, 0.1) is 17.8 Å². The molecule has 0 radical (unpaired) electrons. The molecule has 11 heteroatoms. The standard InChI is InChI=1S/C17H24F3NO6S/c1-9-4-5-12-10(8-21-28(3,22)23)13(17(18,19)20)24-14-16(12)11(9)6-7-15(2,25-14)26-27-16/h9,11-12,14,21H,4-8H2,1-3H3/t9-,11+,12+,14-,15+,16-/m1/s1. The number of hydrogen-bond acceptors (Lipinski definition) is 6. The second-order valence-electron chi connectivity index (χ2n) is 8.42. The van der Waals surface area contributed by atoms with Gasteiger partial charge < -0.3 is 9.47 Å². The molecular weight excluding hydrogens is 403 g/mol. The lowest BCUT2D eigenvalue weighted by Crippen LogP contribution is -2.67. The minimum absolute atomic E-state index is 0.136. The highest BCUT2D eigenvalue weighted by Gasteiger charge is 2.70. The first-order valence-electron chi connectivity index (χ1n) is 9.32. The average molecular weight is 427 g/mol. The number of allylic oxidation sites excluding steroid dienone is 1. The third kappa shape index (κ3) is 3.15. The summed E-state index contributed by atoms with van der Waals surface area (Å²) >= 11 is 0. The molecule has 4 fully saturated rings. The summed E-state index contributed by atoms with van der Waals surface area (Å²) in [5, 5.41) is 0. The van der Waals surface area contributed by atoms with Crippen molar-refractivity contribution in [3.05, 3.63) is 11.3 Å². The van der Waals surface area contributed by atoms with Crippen LogP contribution in [0.3, 0.4) is 0 Å². The molecule has 0 aromatic heterocycles. The monoisotopic (exact) mass is 427 g/mol. The van der Waals surface area contributed by atoms with Crippen LogP contribution in [-0.4, -0.2) is 45.1 Å². The molecule has 0 unspecified atom stereocenters. The Labute approximate surface area is 161 Å². The number of alkyl halides is 3. The summed E-state index contributed by atoms with van der Waals surface area (Å²) in [6, 6.07) is 0. The van der Waals surface area contributed by atoms with Crippen molar-refractivity contribution in [1.82, 2.24) is 4.72 Å². The minimum Gasteiger partial charge on any atom is -0.456 e. The molecule has 0 aromatic rings. The molecule has 5 aliphatic rings. The van der Waals surface area contributed by atoms with E-state index in [1.165, 1.54) is 0 Å². The number of sulfonamides is 1. The Bertz CT molecular complexity index is 799. The van der Waals surface area contributed by atoms with Crippen LogP contribution in [0.4, 0.5) is 13.2 Å². The summed E-state index contributed by atoms with van der Waals surface area (Å²) in [6.45, 7) is 3.15. The number of nitrogens with one attached hydrogen (secondary N) is 1. The van der Waals surface area contributed by atoms with Gasteiger partial charge in [-0.15, -0.1) is 0 Å². The molecule has 0 amide bonds. The van der Waals surface area contributed by atoms with E-state index >= 15 is 0 Å². The van der Waals surface area contributed by atoms with Crippen molar-refractivity contribution in [2.75, 3.05) is 12.8 Å². The first kappa shape index (κ1) is 20.4. The fourth-order valence-electron chi connectivity index (χ4n) is 5.15. The Morgan fingerprint density at radius 3 is 2.57 bits per heavy atom. The van der Waals surface area contributed by atoms with E-state index in [0.717, 1.165) is 6.26 Å². The topological polar surface area (TPSA) is 83.1 Å². The molecule has 0 aromatic carbocycles. The lowest BCUT2D eigenvalue weighted by atomic mass is 9.59. The lowest BCUT2D eigenvalue weighted by Gasteiger charge is -2.57. The van der Waals surface area contributed by atoms with Gasteiger partial charge in [0.25, 0.3) is 0 Å². The summed E-state index contributed by atoms with van der Waals surface area (Å²) in [5.74, 6) is -3.08. The highest BCUT2D eigenvalue weighted by atomic mass is 32.2. The summed E-state index contributed by atoms with van der Waals surface area (Å²) in [6.07, 6.45) is -2.95. The Morgan fingerprint density at radius 2 is 1.93 bits per heavy atom. The van der Waals surface area contributed by atoms with E-state index in [1.54, 1.807) is 6.92 Å². The zero-order valence-electron chi connectivity index (χ0n) is 15.8. The van der Waals surface area contributed by atoms with Gasteiger partial charge in [-0.25, -0.2) is 22.9 Å². The molecule has 4 heterocycles. The fraction of sp³-hybridized carbons (Fsp3) is 0.882. The van der Waals surface area contributed by atoms with Gasteiger partial charge in [-0.05, 0) is 37.7 Å². The van der Waals surface area contributed by atoms with Crippen LogP contribution in [-0.2, 0) is 29.3 Å². The van der Waals surface area contributed by atoms with Crippen molar-refractivity contribution in [2.24, 2.45) is 17.8 Å². The normalized spacial score (nSPS) is 43.4. The van der Waals surface area contributed by atoms with Gasteiger partial charge in [-0.3, -0.25) is 0 Å². The Hall–Kier alpha value is -0.880. The molecule has 4 aliphatic heterocycles. The molecule has 1 saturated carbocycles. The largest absolute Gasteiger partial charge is 0.456 e. The first-order valence-corrected chi connectivity index (χ1v) is 11.2. The van der Waals surface area contributed by atoms with E-state index in [0.29, 0.717) is 25.7 Å². The van der Waals surface area contributed by atoms with Gasteiger partial charge in [0.1, 0.15) is 0 Å². The number of hydrogen-bond donors (Lipinski definition) is 1. The fourth-order valence-corrected chi connectivity index (χ4v) is 5.57. The SMILES string of the molecule is C[C@@H]1CC[C@H]2C(CNS(C)(=O)=O)=C(C(F)(F)F)O[C@@H]3O[C@]4(C)CC[C@@H]1[C@]32OO4. The van der Waals surface area contributed by atoms with Crippen molar-refractivity contribution in [3.63, 3.8) is 0 Å². The van der Waals surface area contributed by atoms with Gasteiger partial charge in [-0.1, -0.05) is 6.92 Å². The van der Waals surface area contributed by atoms with E-state index in [9.17, 15) is 21.6 Å². The molecular formula is C17H24F3NO6S. The maximum atomic E-state index is 13.8. The van der Waals surface area contributed by atoms with Crippen LogP contribution in [0.15, 0.2) is 11.3 Å². The molecule has 2 bridgehead atoms. The lowest BCUT2D eigenvalue weighted by molar-refractivity contribution is -0.557. The van der Waals surface area contributed by atoms with Gasteiger partial charge >= 0.3 is 6.18 Å². The van der Waals surface area contributed by atoms with E-state index in [4.69, 9.17) is 19.2 Å². The number of fused-ring (bicyclic) bond motifs is 2. The predicted molar refractivity (Wildman–Crippen MR) is 89.8 cm³/mol. The number of ether oxygens (including phenoxy) is 2. The summed E-state index contributed by atoms with van der Waals surface area (Å²) in [4.78, 5) is 11.3. The van der Waals surface area contributed by atoms with Gasteiger partial charge in [0.05, 0.1) is 6.26 Å². The molecule has 160 valence electrons. The van der Waals surface area contributed by atoms with Crippen LogP contribution < -0.4 is 4.72 Å². The van der Waals surface area contributed by atoms with Crippen LogP contribution in [0.2, 0.25) is 0 Å². The quantitative estimate of drug-likeness (QED) is 0.698. The zero-order chi connectivity index (χ0) is 20.5. The van der Waals surface area contributed by atoms with Crippen molar-refractivity contribution in [3.8, 4) is 0 Å². The van der Waals surface area contributed by atoms with Crippen molar-refractivity contribution < 1.29 is 40.8 Å². The van der Waals surface area contributed by atoms with Gasteiger partial charge in [0.2, 0.25) is 27.9 Å². The van der Waals surface area contributed by atoms with Crippen LogP contribution in [0.25, 0.3) is 0 Å². The Balaban J connectivity index is 1.85.